The van der Waals surface area contributed by atoms with Gasteiger partial charge in [-0.2, -0.15) is 0 Å². The van der Waals surface area contributed by atoms with Crippen molar-refractivity contribution in [2.75, 3.05) is 13.7 Å². The predicted molar refractivity (Wildman–Crippen MR) is 121 cm³/mol. The van der Waals surface area contributed by atoms with Crippen LogP contribution in [0.1, 0.15) is 24.8 Å². The van der Waals surface area contributed by atoms with Gasteiger partial charge in [-0.3, -0.25) is 9.36 Å². The maximum Gasteiger partial charge on any atom is 0.261 e. The number of hydrogen-bond donors (Lipinski definition) is 3. The molecule has 3 aromatic rings. The second-order valence-corrected chi connectivity index (χ2v) is 8.16. The van der Waals surface area contributed by atoms with Gasteiger partial charge in [-0.05, 0) is 37.4 Å². The molecule has 1 aromatic heterocycles. The van der Waals surface area contributed by atoms with Crippen LogP contribution in [0.4, 0.5) is 0 Å². The van der Waals surface area contributed by atoms with Crippen molar-refractivity contribution in [3.63, 3.8) is 0 Å². The third-order valence-electron chi connectivity index (χ3n) is 5.83. The Bertz CT molecular complexity index is 1100. The number of piperidine rings is 1. The van der Waals surface area contributed by atoms with E-state index in [0.29, 0.717) is 35.4 Å². The summed E-state index contributed by atoms with van der Waals surface area (Å²) in [7, 11) is 1.53. The standard InChI is InChI=1S/C24H29N3O5/c1-31-22-11-18-19(12-23(22)32-14-16-6-3-2-4-7-16)26-15-27(24(18)30)13-17(28)10-20-21(29)8-5-9-25-20/h2-4,6-7,11-12,15,17,20-21,25,28-29H,5,8-10,13-14H2,1H3. The van der Waals surface area contributed by atoms with Crippen LogP contribution in [0.3, 0.4) is 0 Å². The lowest BCUT2D eigenvalue weighted by atomic mass is 9.96. The fraction of sp³-hybridized carbons (Fsp3) is 0.417. The van der Waals surface area contributed by atoms with Crippen LogP contribution >= 0.6 is 0 Å². The van der Waals surface area contributed by atoms with Gasteiger partial charge in [0.05, 0.1) is 43.1 Å². The van der Waals surface area contributed by atoms with Gasteiger partial charge >= 0.3 is 0 Å². The van der Waals surface area contributed by atoms with Gasteiger partial charge in [0, 0.05) is 12.1 Å². The van der Waals surface area contributed by atoms with Crippen LogP contribution in [-0.2, 0) is 13.2 Å². The van der Waals surface area contributed by atoms with Crippen molar-refractivity contribution in [1.82, 2.24) is 14.9 Å². The Hall–Kier alpha value is -2.94. The fourth-order valence-corrected chi connectivity index (χ4v) is 4.08. The minimum absolute atomic E-state index is 0.0985. The molecule has 2 aromatic carbocycles. The van der Waals surface area contributed by atoms with E-state index in [1.54, 1.807) is 12.1 Å². The second kappa shape index (κ2) is 10.1. The molecule has 3 N–H and O–H groups in total. The molecule has 0 spiro atoms. The van der Waals surface area contributed by atoms with E-state index < -0.39 is 12.2 Å². The molecular weight excluding hydrogens is 410 g/mol. The van der Waals surface area contributed by atoms with E-state index in [9.17, 15) is 15.0 Å². The highest BCUT2D eigenvalue weighted by molar-refractivity contribution is 5.81. The Morgan fingerprint density at radius 1 is 1.25 bits per heavy atom. The number of nitrogens with one attached hydrogen (secondary N) is 1. The van der Waals surface area contributed by atoms with Crippen LogP contribution in [0, 0.1) is 0 Å². The van der Waals surface area contributed by atoms with Crippen LogP contribution in [0.25, 0.3) is 10.9 Å². The molecular formula is C24H29N3O5. The Kier molecular flexibility index (Phi) is 7.04. The molecule has 3 atom stereocenters. The molecule has 0 radical (unpaired) electrons. The van der Waals surface area contributed by atoms with E-state index in [1.807, 2.05) is 30.3 Å². The third-order valence-corrected chi connectivity index (χ3v) is 5.83. The highest BCUT2D eigenvalue weighted by Gasteiger charge is 2.25. The zero-order valence-electron chi connectivity index (χ0n) is 18.1. The first-order valence-electron chi connectivity index (χ1n) is 10.9. The lowest BCUT2D eigenvalue weighted by Gasteiger charge is -2.30. The summed E-state index contributed by atoms with van der Waals surface area (Å²) in [4.78, 5) is 17.4. The van der Waals surface area contributed by atoms with Gasteiger partial charge < -0.3 is 25.0 Å². The van der Waals surface area contributed by atoms with Crippen LogP contribution in [0.15, 0.2) is 53.6 Å². The number of methoxy groups -OCH3 is 1. The molecule has 1 aliphatic rings. The van der Waals surface area contributed by atoms with E-state index in [4.69, 9.17) is 9.47 Å². The molecule has 32 heavy (non-hydrogen) atoms. The van der Waals surface area contributed by atoms with Gasteiger partial charge in [-0.15, -0.1) is 0 Å². The summed E-state index contributed by atoms with van der Waals surface area (Å²) >= 11 is 0. The largest absolute Gasteiger partial charge is 0.493 e. The summed E-state index contributed by atoms with van der Waals surface area (Å²) in [5.41, 5.74) is 1.25. The van der Waals surface area contributed by atoms with E-state index in [-0.39, 0.29) is 18.1 Å². The van der Waals surface area contributed by atoms with Crippen molar-refractivity contribution in [2.24, 2.45) is 0 Å². The number of aliphatic hydroxyl groups excluding tert-OH is 2. The van der Waals surface area contributed by atoms with E-state index in [2.05, 4.69) is 10.3 Å². The molecule has 170 valence electrons. The molecule has 3 unspecified atom stereocenters. The quantitative estimate of drug-likeness (QED) is 0.492. The minimum atomic E-state index is -0.785. The molecule has 1 saturated heterocycles. The summed E-state index contributed by atoms with van der Waals surface area (Å²) in [5, 5.41) is 24.2. The summed E-state index contributed by atoms with van der Waals surface area (Å²) in [6.07, 6.45) is 2.17. The van der Waals surface area contributed by atoms with E-state index >= 15 is 0 Å². The third kappa shape index (κ3) is 5.09. The number of hydrogen-bond acceptors (Lipinski definition) is 7. The van der Waals surface area contributed by atoms with Crippen LogP contribution in [0.5, 0.6) is 11.5 Å². The van der Waals surface area contributed by atoms with Crippen molar-refractivity contribution in [3.8, 4) is 11.5 Å². The van der Waals surface area contributed by atoms with Crippen LogP contribution < -0.4 is 20.3 Å². The Morgan fingerprint density at radius 3 is 2.81 bits per heavy atom. The van der Waals surface area contributed by atoms with Gasteiger partial charge in [0.15, 0.2) is 11.5 Å². The zero-order valence-corrected chi connectivity index (χ0v) is 18.1. The molecule has 1 fully saturated rings. The highest BCUT2D eigenvalue weighted by atomic mass is 16.5. The SMILES string of the molecule is COc1cc2c(=O)n(CC(O)CC3NCCCC3O)cnc2cc1OCc1ccccc1. The molecule has 0 amide bonds. The predicted octanol–water partition coefficient (Wildman–Crippen LogP) is 1.85. The number of aliphatic hydroxyl groups is 2. The van der Waals surface area contributed by atoms with Gasteiger partial charge in [0.1, 0.15) is 6.61 Å². The first-order valence-corrected chi connectivity index (χ1v) is 10.9. The average Bonchev–Trinajstić information content (AvgIpc) is 2.81. The first kappa shape index (κ1) is 22.3. The topological polar surface area (TPSA) is 106 Å². The summed E-state index contributed by atoms with van der Waals surface area (Å²) in [5.74, 6) is 0.950. The molecule has 8 nitrogen and oxygen atoms in total. The van der Waals surface area contributed by atoms with Crippen molar-refractivity contribution < 1.29 is 19.7 Å². The van der Waals surface area contributed by atoms with E-state index in [1.165, 1.54) is 18.0 Å². The van der Waals surface area contributed by atoms with Gasteiger partial charge in [-0.1, -0.05) is 30.3 Å². The molecule has 1 aliphatic heterocycles. The zero-order chi connectivity index (χ0) is 22.5. The number of aromatic nitrogens is 2. The minimum Gasteiger partial charge on any atom is -0.493 e. The first-order chi connectivity index (χ1) is 15.5. The average molecular weight is 440 g/mol. The number of benzene rings is 2. The van der Waals surface area contributed by atoms with Crippen molar-refractivity contribution >= 4 is 10.9 Å². The van der Waals surface area contributed by atoms with Gasteiger partial charge in [-0.25, -0.2) is 4.98 Å². The smallest absolute Gasteiger partial charge is 0.261 e. The van der Waals surface area contributed by atoms with Crippen molar-refractivity contribution in [2.45, 2.75) is 50.7 Å². The Balaban J connectivity index is 1.52. The number of rotatable bonds is 8. The maximum atomic E-state index is 13.0. The molecule has 2 heterocycles. The Morgan fingerprint density at radius 2 is 2.06 bits per heavy atom. The lowest BCUT2D eigenvalue weighted by Crippen LogP contribution is -2.47. The number of ether oxygens (including phenoxy) is 2. The number of nitrogens with zero attached hydrogens (tertiary/aromatic N) is 2. The molecule has 8 heteroatoms. The van der Waals surface area contributed by atoms with Gasteiger partial charge in [0.25, 0.3) is 5.56 Å². The Labute approximate surface area is 186 Å². The van der Waals surface area contributed by atoms with Crippen molar-refractivity contribution in [3.05, 3.63) is 64.7 Å². The molecule has 0 bridgehead atoms. The molecule has 4 rings (SSSR count). The van der Waals surface area contributed by atoms with E-state index in [0.717, 1.165) is 24.9 Å². The highest BCUT2D eigenvalue weighted by Crippen LogP contribution is 2.31. The van der Waals surface area contributed by atoms with Gasteiger partial charge in [0.2, 0.25) is 0 Å². The van der Waals surface area contributed by atoms with Crippen LogP contribution in [-0.4, -0.2) is 51.7 Å². The summed E-state index contributed by atoms with van der Waals surface area (Å²) in [6, 6.07) is 12.9. The lowest BCUT2D eigenvalue weighted by molar-refractivity contribution is 0.0539. The second-order valence-electron chi connectivity index (χ2n) is 8.16. The molecule has 0 saturated carbocycles. The fourth-order valence-electron chi connectivity index (χ4n) is 4.08. The summed E-state index contributed by atoms with van der Waals surface area (Å²) in [6.45, 7) is 1.29. The monoisotopic (exact) mass is 439 g/mol. The van der Waals surface area contributed by atoms with Crippen LogP contribution in [0.2, 0.25) is 0 Å². The normalized spacial score (nSPS) is 19.6. The summed E-state index contributed by atoms with van der Waals surface area (Å²) < 4.78 is 12.7. The maximum absolute atomic E-state index is 13.0. The number of fused-ring (bicyclic) bond motifs is 1. The molecule has 0 aliphatic carbocycles. The van der Waals surface area contributed by atoms with Crippen molar-refractivity contribution in [1.29, 1.82) is 0 Å².